The summed E-state index contributed by atoms with van der Waals surface area (Å²) in [6.45, 7) is 3.40. The molecule has 0 saturated carbocycles. The van der Waals surface area contributed by atoms with Gasteiger partial charge >= 0.3 is 0 Å². The van der Waals surface area contributed by atoms with Crippen molar-refractivity contribution in [3.05, 3.63) is 29.3 Å². The van der Waals surface area contributed by atoms with E-state index in [4.69, 9.17) is 15.9 Å². The molecule has 2 aromatic heterocycles. The number of nitrogens with zero attached hydrogens (tertiary/aromatic N) is 5. The minimum absolute atomic E-state index is 0.135. The Balaban J connectivity index is 2.78. The van der Waals surface area contributed by atoms with E-state index in [1.165, 1.54) is 0 Å². The summed E-state index contributed by atoms with van der Waals surface area (Å²) in [6, 6.07) is 3.28. The lowest BCUT2D eigenvalue weighted by Gasteiger charge is -2.06. The molecule has 0 aromatic carbocycles. The normalized spacial score (nSPS) is 11.3. The Morgan fingerprint density at radius 3 is 2.58 bits per heavy atom. The van der Waals surface area contributed by atoms with Crippen LogP contribution in [0.2, 0.25) is 0 Å². The van der Waals surface area contributed by atoms with E-state index in [2.05, 4.69) is 15.1 Å². The molecule has 0 bridgehead atoms. The van der Waals surface area contributed by atoms with E-state index < -0.39 is 14.1 Å². The fourth-order valence-electron chi connectivity index (χ4n) is 1.62. The first kappa shape index (κ1) is 13.5. The van der Waals surface area contributed by atoms with Crippen LogP contribution in [0, 0.1) is 25.2 Å². The lowest BCUT2D eigenvalue weighted by molar-refractivity contribution is 0.598. The third kappa shape index (κ3) is 2.57. The Morgan fingerprint density at radius 1 is 1.37 bits per heavy atom. The zero-order valence-corrected chi connectivity index (χ0v) is 11.6. The quantitative estimate of drug-likeness (QED) is 0.769. The lowest BCUT2D eigenvalue weighted by Crippen LogP contribution is -2.09. The van der Waals surface area contributed by atoms with E-state index in [-0.39, 0.29) is 11.4 Å². The SMILES string of the molecule is Cc1cc(-n2ncc(C#N)c2S(=O)(=O)Cl)nc(C)n1. The van der Waals surface area contributed by atoms with Crippen molar-refractivity contribution in [3.63, 3.8) is 0 Å². The topological polar surface area (TPSA) is 102 Å². The van der Waals surface area contributed by atoms with E-state index in [0.29, 0.717) is 11.5 Å². The molecule has 2 aromatic rings. The van der Waals surface area contributed by atoms with Crippen LogP contribution in [0.3, 0.4) is 0 Å². The van der Waals surface area contributed by atoms with Crippen LogP contribution in [0.1, 0.15) is 17.1 Å². The van der Waals surface area contributed by atoms with Gasteiger partial charge in [-0.15, -0.1) is 0 Å². The van der Waals surface area contributed by atoms with Crippen molar-refractivity contribution in [2.45, 2.75) is 18.9 Å². The van der Waals surface area contributed by atoms with Crippen LogP contribution >= 0.6 is 10.7 Å². The first-order valence-electron chi connectivity index (χ1n) is 5.08. The van der Waals surface area contributed by atoms with Gasteiger partial charge < -0.3 is 0 Å². The molecule has 0 amide bonds. The second-order valence-corrected chi connectivity index (χ2v) is 6.22. The highest BCUT2D eigenvalue weighted by atomic mass is 35.7. The standard InChI is InChI=1S/C10H8ClN5O2S/c1-6-3-9(15-7(2)14-6)16-10(19(11,17)18)8(4-12)5-13-16/h3,5H,1-2H3. The van der Waals surface area contributed by atoms with Crippen LogP contribution in [0.4, 0.5) is 0 Å². The van der Waals surface area contributed by atoms with Gasteiger partial charge in [-0.05, 0) is 13.8 Å². The van der Waals surface area contributed by atoms with Crippen molar-refractivity contribution >= 4 is 19.7 Å². The van der Waals surface area contributed by atoms with Gasteiger partial charge in [0.15, 0.2) is 10.8 Å². The monoisotopic (exact) mass is 297 g/mol. The minimum Gasteiger partial charge on any atom is -0.238 e. The van der Waals surface area contributed by atoms with E-state index in [9.17, 15) is 8.42 Å². The van der Waals surface area contributed by atoms with Crippen LogP contribution in [-0.4, -0.2) is 28.2 Å². The molecule has 9 heteroatoms. The fourth-order valence-corrected chi connectivity index (χ4v) is 2.77. The maximum atomic E-state index is 11.5. The third-order valence-electron chi connectivity index (χ3n) is 2.25. The van der Waals surface area contributed by atoms with Crippen molar-refractivity contribution in [2.75, 3.05) is 0 Å². The van der Waals surface area contributed by atoms with Gasteiger partial charge in [-0.25, -0.2) is 23.1 Å². The molecule has 0 radical (unpaired) electrons. The number of hydrogen-bond donors (Lipinski definition) is 0. The van der Waals surface area contributed by atoms with Gasteiger partial charge in [-0.3, -0.25) is 0 Å². The summed E-state index contributed by atoms with van der Waals surface area (Å²) in [5.74, 6) is 0.702. The van der Waals surface area contributed by atoms with Gasteiger partial charge in [-0.2, -0.15) is 10.4 Å². The maximum absolute atomic E-state index is 11.5. The first-order valence-corrected chi connectivity index (χ1v) is 7.39. The van der Waals surface area contributed by atoms with E-state index in [1.54, 1.807) is 26.0 Å². The molecule has 2 heterocycles. The second kappa shape index (κ2) is 4.60. The predicted molar refractivity (Wildman–Crippen MR) is 66.4 cm³/mol. The van der Waals surface area contributed by atoms with Crippen LogP contribution in [0.15, 0.2) is 17.3 Å². The summed E-state index contributed by atoms with van der Waals surface area (Å²) in [5.41, 5.74) is 0.512. The van der Waals surface area contributed by atoms with Gasteiger partial charge in [-0.1, -0.05) is 0 Å². The Kier molecular flexibility index (Phi) is 3.26. The zero-order chi connectivity index (χ0) is 14.2. The highest BCUT2D eigenvalue weighted by Gasteiger charge is 2.24. The third-order valence-corrected chi connectivity index (χ3v) is 3.54. The Bertz CT molecular complexity index is 770. The predicted octanol–water partition coefficient (Wildman–Crippen LogP) is 1.08. The number of halogens is 1. The molecule has 0 aliphatic rings. The van der Waals surface area contributed by atoms with Crippen LogP contribution in [0.25, 0.3) is 5.82 Å². The van der Waals surface area contributed by atoms with Gasteiger partial charge in [0.05, 0.1) is 6.20 Å². The van der Waals surface area contributed by atoms with Crippen molar-refractivity contribution in [2.24, 2.45) is 0 Å². The van der Waals surface area contributed by atoms with Gasteiger partial charge in [0.2, 0.25) is 0 Å². The Hall–Kier alpha value is -1.98. The van der Waals surface area contributed by atoms with Crippen LogP contribution in [0.5, 0.6) is 0 Å². The summed E-state index contributed by atoms with van der Waals surface area (Å²) in [7, 11) is 1.22. The number of rotatable bonds is 2. The summed E-state index contributed by atoms with van der Waals surface area (Å²) in [4.78, 5) is 8.16. The highest BCUT2D eigenvalue weighted by Crippen LogP contribution is 2.22. The maximum Gasteiger partial charge on any atom is 0.280 e. The van der Waals surface area contributed by atoms with E-state index in [1.807, 2.05) is 0 Å². The average Bonchev–Trinajstić information content (AvgIpc) is 2.70. The molecule has 7 nitrogen and oxygen atoms in total. The average molecular weight is 298 g/mol. The van der Waals surface area contributed by atoms with E-state index >= 15 is 0 Å². The molecule has 0 unspecified atom stereocenters. The Morgan fingerprint density at radius 2 is 2.05 bits per heavy atom. The molecule has 2 rings (SSSR count). The molecule has 0 saturated heterocycles. The highest BCUT2D eigenvalue weighted by molar-refractivity contribution is 8.13. The van der Waals surface area contributed by atoms with E-state index in [0.717, 1.165) is 10.9 Å². The van der Waals surface area contributed by atoms with Gasteiger partial charge in [0.1, 0.15) is 17.5 Å². The molecular weight excluding hydrogens is 290 g/mol. The summed E-state index contributed by atoms with van der Waals surface area (Å²) >= 11 is 0. The molecule has 0 aliphatic heterocycles. The molecule has 0 spiro atoms. The molecule has 0 fully saturated rings. The molecule has 0 atom stereocenters. The number of aromatic nitrogens is 4. The smallest absolute Gasteiger partial charge is 0.238 e. The van der Waals surface area contributed by atoms with Crippen molar-refractivity contribution in [3.8, 4) is 11.9 Å². The minimum atomic E-state index is -4.12. The molecule has 19 heavy (non-hydrogen) atoms. The summed E-state index contributed by atoms with van der Waals surface area (Å²) in [6.07, 6.45) is 1.13. The fraction of sp³-hybridized carbons (Fsp3) is 0.200. The number of aryl methyl sites for hydroxylation is 2. The largest absolute Gasteiger partial charge is 0.280 e. The van der Waals surface area contributed by atoms with Gasteiger partial charge in [0, 0.05) is 22.4 Å². The van der Waals surface area contributed by atoms with Crippen LogP contribution < -0.4 is 0 Å². The molecular formula is C10H8ClN5O2S. The number of nitriles is 1. The van der Waals surface area contributed by atoms with Crippen LogP contribution in [-0.2, 0) is 9.05 Å². The number of hydrogen-bond acceptors (Lipinski definition) is 6. The van der Waals surface area contributed by atoms with Crippen molar-refractivity contribution in [1.82, 2.24) is 19.7 Å². The summed E-state index contributed by atoms with van der Waals surface area (Å²) in [5, 5.41) is 12.3. The molecule has 0 aliphatic carbocycles. The Labute approximate surface area is 113 Å². The summed E-state index contributed by atoms with van der Waals surface area (Å²) < 4.78 is 24.1. The van der Waals surface area contributed by atoms with Crippen molar-refractivity contribution in [1.29, 1.82) is 5.26 Å². The molecule has 0 N–H and O–H groups in total. The molecule has 98 valence electrons. The lowest BCUT2D eigenvalue weighted by atomic mass is 10.4. The first-order chi connectivity index (χ1) is 8.82. The zero-order valence-electron chi connectivity index (χ0n) is 9.99. The van der Waals surface area contributed by atoms with Gasteiger partial charge in [0.25, 0.3) is 9.05 Å². The van der Waals surface area contributed by atoms with Crippen molar-refractivity contribution < 1.29 is 8.42 Å². The second-order valence-electron chi connectivity index (χ2n) is 3.74.